The van der Waals surface area contributed by atoms with E-state index in [4.69, 9.17) is 10.5 Å². The van der Waals surface area contributed by atoms with Crippen LogP contribution in [0.2, 0.25) is 0 Å². The number of aryl methyl sites for hydroxylation is 1. The lowest BCUT2D eigenvalue weighted by molar-refractivity contribution is -0.144. The van der Waals surface area contributed by atoms with Gasteiger partial charge in [-0.25, -0.2) is 9.07 Å². The van der Waals surface area contributed by atoms with Gasteiger partial charge in [-0.2, -0.15) is 10.2 Å². The average molecular weight is 399 g/mol. The maximum Gasteiger partial charge on any atom is 0.310 e. The summed E-state index contributed by atoms with van der Waals surface area (Å²) in [6, 6.07) is 8.68. The Morgan fingerprint density at radius 2 is 2.10 bits per heavy atom. The molecule has 1 unspecified atom stereocenters. The van der Waals surface area contributed by atoms with E-state index >= 15 is 0 Å². The van der Waals surface area contributed by atoms with Crippen LogP contribution in [0.25, 0.3) is 5.69 Å². The summed E-state index contributed by atoms with van der Waals surface area (Å²) in [4.78, 5) is 24.1. The van der Waals surface area contributed by atoms with Gasteiger partial charge in [-0.15, -0.1) is 0 Å². The molecular weight excluding hydrogens is 377 g/mol. The van der Waals surface area contributed by atoms with Crippen molar-refractivity contribution >= 4 is 5.97 Å². The normalized spacial score (nSPS) is 12.0. The summed E-state index contributed by atoms with van der Waals surface area (Å²) in [5.41, 5.74) is 7.64. The van der Waals surface area contributed by atoms with Crippen molar-refractivity contribution in [1.29, 1.82) is 0 Å². The van der Waals surface area contributed by atoms with Crippen molar-refractivity contribution < 1.29 is 13.9 Å². The Kier molecular flexibility index (Phi) is 6.50. The second kappa shape index (κ2) is 9.24. The van der Waals surface area contributed by atoms with Gasteiger partial charge in [0.05, 0.1) is 18.8 Å². The van der Waals surface area contributed by atoms with Crippen LogP contribution in [0.15, 0.2) is 53.7 Å². The molecule has 3 aromatic rings. The van der Waals surface area contributed by atoms with E-state index in [0.717, 1.165) is 11.3 Å². The fraction of sp³-hybridized carbons (Fsp3) is 0.300. The van der Waals surface area contributed by atoms with Crippen molar-refractivity contribution in [2.75, 3.05) is 13.2 Å². The van der Waals surface area contributed by atoms with Gasteiger partial charge >= 0.3 is 5.97 Å². The lowest BCUT2D eigenvalue weighted by Crippen LogP contribution is -2.23. The highest BCUT2D eigenvalue weighted by Crippen LogP contribution is 2.11. The highest BCUT2D eigenvalue weighted by Gasteiger charge is 2.11. The van der Waals surface area contributed by atoms with E-state index in [2.05, 4.69) is 10.2 Å². The first-order valence-corrected chi connectivity index (χ1v) is 9.10. The van der Waals surface area contributed by atoms with Crippen molar-refractivity contribution in [3.8, 4) is 5.69 Å². The molecule has 3 rings (SSSR count). The lowest BCUT2D eigenvalue weighted by Gasteiger charge is -2.09. The molecule has 1 aromatic carbocycles. The number of benzene rings is 1. The van der Waals surface area contributed by atoms with Gasteiger partial charge in [0, 0.05) is 32.3 Å². The van der Waals surface area contributed by atoms with Gasteiger partial charge < -0.3 is 10.5 Å². The molecule has 29 heavy (non-hydrogen) atoms. The van der Waals surface area contributed by atoms with Gasteiger partial charge in [-0.1, -0.05) is 24.3 Å². The third kappa shape index (κ3) is 5.58. The van der Waals surface area contributed by atoms with Crippen LogP contribution in [0.5, 0.6) is 0 Å². The van der Waals surface area contributed by atoms with Crippen molar-refractivity contribution in [2.24, 2.45) is 12.8 Å². The smallest absolute Gasteiger partial charge is 0.310 e. The first-order valence-electron chi connectivity index (χ1n) is 9.10. The van der Waals surface area contributed by atoms with Crippen LogP contribution in [-0.4, -0.2) is 44.9 Å². The Bertz CT molecular complexity index is 1050. The first-order chi connectivity index (χ1) is 13.9. The standard InChI is InChI=1S/C20H22FN5O3/c1-25-12-17(11-23-25)26-6-5-19(27)18(24-26)8-14-3-2-4-15(7-14)9-20(28)29-13-16(21)10-22/h2-7,11-12,16H,8-10,13,22H2,1H3. The lowest BCUT2D eigenvalue weighted by atomic mass is 10.0. The van der Waals surface area contributed by atoms with Crippen molar-refractivity contribution in [3.05, 3.63) is 76.0 Å². The van der Waals surface area contributed by atoms with Crippen molar-refractivity contribution in [2.45, 2.75) is 19.0 Å². The third-order valence-corrected chi connectivity index (χ3v) is 4.23. The summed E-state index contributed by atoms with van der Waals surface area (Å²) in [5, 5.41) is 8.51. The Labute approximate surface area is 166 Å². The molecule has 0 aliphatic rings. The molecule has 0 fully saturated rings. The van der Waals surface area contributed by atoms with E-state index < -0.39 is 12.1 Å². The monoisotopic (exact) mass is 399 g/mol. The molecule has 0 amide bonds. The van der Waals surface area contributed by atoms with Crippen LogP contribution < -0.4 is 11.2 Å². The van der Waals surface area contributed by atoms with Crippen LogP contribution in [-0.2, 0) is 29.4 Å². The maximum absolute atomic E-state index is 13.1. The summed E-state index contributed by atoms with van der Waals surface area (Å²) in [7, 11) is 1.80. The Morgan fingerprint density at radius 3 is 2.83 bits per heavy atom. The predicted octanol–water partition coefficient (Wildman–Crippen LogP) is 0.939. The quantitative estimate of drug-likeness (QED) is 0.565. The van der Waals surface area contributed by atoms with Gasteiger partial charge in [0.15, 0.2) is 0 Å². The Morgan fingerprint density at radius 1 is 1.31 bits per heavy atom. The largest absolute Gasteiger partial charge is 0.462 e. The fourth-order valence-corrected chi connectivity index (χ4v) is 2.75. The van der Waals surface area contributed by atoms with Crippen molar-refractivity contribution in [3.63, 3.8) is 0 Å². The van der Waals surface area contributed by atoms with E-state index in [0.29, 0.717) is 17.7 Å². The minimum atomic E-state index is -1.36. The van der Waals surface area contributed by atoms with Gasteiger partial charge in [-0.05, 0) is 11.1 Å². The molecular formula is C20H22FN5O3. The van der Waals surface area contributed by atoms with Crippen LogP contribution in [0, 0.1) is 0 Å². The zero-order valence-corrected chi connectivity index (χ0v) is 16.0. The van der Waals surface area contributed by atoms with Gasteiger partial charge in [0.2, 0.25) is 5.43 Å². The van der Waals surface area contributed by atoms with E-state index in [9.17, 15) is 14.0 Å². The number of hydrogen-bond acceptors (Lipinski definition) is 6. The number of carbonyl (C=O) groups excluding carboxylic acids is 1. The summed E-state index contributed by atoms with van der Waals surface area (Å²) >= 11 is 0. The molecule has 0 spiro atoms. The molecule has 1 atom stereocenters. The Balaban J connectivity index is 1.72. The van der Waals surface area contributed by atoms with E-state index in [-0.39, 0.29) is 25.0 Å². The minimum absolute atomic E-state index is 0.00721. The summed E-state index contributed by atoms with van der Waals surface area (Å²) in [6.07, 6.45) is 3.99. The number of aromatic nitrogens is 4. The van der Waals surface area contributed by atoms with E-state index in [1.165, 1.54) is 6.07 Å². The highest BCUT2D eigenvalue weighted by atomic mass is 19.1. The molecule has 9 heteroatoms. The van der Waals surface area contributed by atoms with E-state index in [1.54, 1.807) is 53.2 Å². The number of esters is 1. The zero-order valence-electron chi connectivity index (χ0n) is 16.0. The van der Waals surface area contributed by atoms with Gasteiger partial charge in [0.1, 0.15) is 24.2 Å². The minimum Gasteiger partial charge on any atom is -0.462 e. The number of halogens is 1. The number of hydrogen-bond donors (Lipinski definition) is 1. The van der Waals surface area contributed by atoms with Crippen LogP contribution in [0.1, 0.15) is 16.8 Å². The molecule has 0 radical (unpaired) electrons. The number of rotatable bonds is 8. The molecule has 0 aliphatic carbocycles. The van der Waals surface area contributed by atoms with E-state index in [1.807, 2.05) is 6.07 Å². The first kappa shape index (κ1) is 20.4. The predicted molar refractivity (Wildman–Crippen MR) is 104 cm³/mol. The highest BCUT2D eigenvalue weighted by molar-refractivity contribution is 5.72. The van der Waals surface area contributed by atoms with Crippen LogP contribution >= 0.6 is 0 Å². The number of ether oxygens (including phenoxy) is 1. The van der Waals surface area contributed by atoms with Crippen LogP contribution in [0.3, 0.4) is 0 Å². The number of nitrogens with two attached hydrogens (primary N) is 1. The van der Waals surface area contributed by atoms with Crippen molar-refractivity contribution in [1.82, 2.24) is 19.6 Å². The number of alkyl halides is 1. The second-order valence-electron chi connectivity index (χ2n) is 6.63. The summed E-state index contributed by atoms with van der Waals surface area (Å²) < 4.78 is 21.2. The maximum atomic E-state index is 13.1. The molecule has 0 saturated carbocycles. The summed E-state index contributed by atoms with van der Waals surface area (Å²) in [5.74, 6) is -0.532. The second-order valence-corrected chi connectivity index (χ2v) is 6.63. The molecule has 8 nitrogen and oxygen atoms in total. The summed E-state index contributed by atoms with van der Waals surface area (Å²) in [6.45, 7) is -0.541. The van der Waals surface area contributed by atoms with Gasteiger partial charge in [0.25, 0.3) is 0 Å². The molecule has 2 N–H and O–H groups in total. The molecule has 0 saturated heterocycles. The number of carbonyl (C=O) groups is 1. The van der Waals surface area contributed by atoms with Gasteiger partial charge in [-0.3, -0.25) is 14.3 Å². The Hall–Kier alpha value is -3.33. The number of nitrogens with zero attached hydrogens (tertiary/aromatic N) is 4. The molecule has 152 valence electrons. The van der Waals surface area contributed by atoms with Crippen LogP contribution in [0.4, 0.5) is 4.39 Å². The molecule has 0 aliphatic heterocycles. The SMILES string of the molecule is Cn1cc(-n2ccc(=O)c(Cc3cccc(CC(=O)OCC(F)CN)c3)n2)cn1. The third-order valence-electron chi connectivity index (χ3n) is 4.23. The molecule has 2 aromatic heterocycles. The molecule has 2 heterocycles. The average Bonchev–Trinajstić information content (AvgIpc) is 3.14. The topological polar surface area (TPSA) is 105 Å². The zero-order chi connectivity index (χ0) is 20.8. The molecule has 0 bridgehead atoms. The fourth-order valence-electron chi connectivity index (χ4n) is 2.75.